The first-order valence-corrected chi connectivity index (χ1v) is 7.65. The molecule has 20 heavy (non-hydrogen) atoms. The van der Waals surface area contributed by atoms with E-state index < -0.39 is 0 Å². The number of imidazole rings is 1. The zero-order valence-electron chi connectivity index (χ0n) is 11.3. The summed E-state index contributed by atoms with van der Waals surface area (Å²) < 4.78 is 1.87. The number of hydrogen-bond donors (Lipinski definition) is 2. The first-order chi connectivity index (χ1) is 9.72. The molecule has 2 heterocycles. The van der Waals surface area contributed by atoms with Crippen molar-refractivity contribution in [1.82, 2.24) is 19.5 Å². The second kappa shape index (κ2) is 5.41. The molecule has 1 atom stereocenters. The molecule has 7 heteroatoms. The van der Waals surface area contributed by atoms with Crippen molar-refractivity contribution < 1.29 is 5.11 Å². The lowest BCUT2D eigenvalue weighted by Crippen LogP contribution is -1.99. The molecule has 0 aromatic carbocycles. The number of nitrogens with two attached hydrogens (primary N) is 1. The summed E-state index contributed by atoms with van der Waals surface area (Å²) in [4.78, 5) is 13.0. The Labute approximate surface area is 121 Å². The molecule has 0 saturated heterocycles. The van der Waals surface area contributed by atoms with Gasteiger partial charge in [-0.3, -0.25) is 4.57 Å². The number of nitrogens with zero attached hydrogens (tertiary/aromatic N) is 4. The predicted molar refractivity (Wildman–Crippen MR) is 80.2 cm³/mol. The van der Waals surface area contributed by atoms with E-state index in [0.29, 0.717) is 5.92 Å². The molecule has 1 aliphatic carbocycles. The Hall–Kier alpha value is -1.60. The molecule has 0 bridgehead atoms. The summed E-state index contributed by atoms with van der Waals surface area (Å²) in [6, 6.07) is 0. The molecular weight excluding hydrogens is 274 g/mol. The van der Waals surface area contributed by atoms with Crippen LogP contribution in [-0.2, 0) is 0 Å². The first-order valence-electron chi connectivity index (χ1n) is 6.67. The average molecular weight is 291 g/mol. The summed E-state index contributed by atoms with van der Waals surface area (Å²) in [5.41, 5.74) is 8.52. The minimum absolute atomic E-state index is 0.202. The summed E-state index contributed by atoms with van der Waals surface area (Å²) in [5.74, 6) is 1.54. The number of rotatable bonds is 5. The standard InChI is InChI=1S/C13H17N5OS/c1-2-3-20-12-10-11(16-13(14)17-12)18(7-15-10)5-8-4-9(8)6-19/h5,7,9,19H,2-4,6H2,1H3,(H2,14,16,17)/t9-/m1/s1. The van der Waals surface area contributed by atoms with E-state index in [1.807, 2.05) is 10.8 Å². The summed E-state index contributed by atoms with van der Waals surface area (Å²) in [5, 5.41) is 9.92. The Kier molecular flexibility index (Phi) is 3.62. The van der Waals surface area contributed by atoms with Gasteiger partial charge in [-0.25, -0.2) is 9.97 Å². The lowest BCUT2D eigenvalue weighted by atomic mass is 10.4. The van der Waals surface area contributed by atoms with Gasteiger partial charge in [-0.1, -0.05) is 6.92 Å². The Bertz CT molecular complexity index is 666. The van der Waals surface area contributed by atoms with Crippen LogP contribution in [0.25, 0.3) is 17.4 Å². The van der Waals surface area contributed by atoms with Crippen LogP contribution in [0.2, 0.25) is 0 Å². The number of aliphatic hydroxyl groups is 1. The van der Waals surface area contributed by atoms with E-state index >= 15 is 0 Å². The van der Waals surface area contributed by atoms with Crippen LogP contribution < -0.4 is 5.73 Å². The van der Waals surface area contributed by atoms with Crippen LogP contribution in [-0.4, -0.2) is 37.0 Å². The van der Waals surface area contributed by atoms with Gasteiger partial charge in [-0.15, -0.1) is 11.8 Å². The number of aliphatic hydroxyl groups excluding tert-OH is 1. The molecule has 3 rings (SSSR count). The zero-order valence-corrected chi connectivity index (χ0v) is 12.1. The molecule has 3 N–H and O–H groups in total. The highest BCUT2D eigenvalue weighted by Gasteiger charge is 2.29. The second-order valence-electron chi connectivity index (χ2n) is 4.85. The molecule has 6 nitrogen and oxygen atoms in total. The van der Waals surface area contributed by atoms with E-state index in [4.69, 9.17) is 10.8 Å². The summed E-state index contributed by atoms with van der Waals surface area (Å²) in [6.07, 6.45) is 5.72. The van der Waals surface area contributed by atoms with Gasteiger partial charge < -0.3 is 10.8 Å². The fraction of sp³-hybridized carbons (Fsp3) is 0.462. The monoisotopic (exact) mass is 291 g/mol. The van der Waals surface area contributed by atoms with Crippen molar-refractivity contribution in [2.75, 3.05) is 18.1 Å². The van der Waals surface area contributed by atoms with Crippen molar-refractivity contribution in [2.24, 2.45) is 5.92 Å². The topological polar surface area (TPSA) is 89.9 Å². The van der Waals surface area contributed by atoms with Gasteiger partial charge in [0.15, 0.2) is 5.65 Å². The fourth-order valence-corrected chi connectivity index (χ4v) is 2.88. The third-order valence-corrected chi connectivity index (χ3v) is 4.39. The molecule has 1 saturated carbocycles. The average Bonchev–Trinajstić information content (AvgIpc) is 3.08. The second-order valence-corrected chi connectivity index (χ2v) is 5.93. The minimum atomic E-state index is 0.202. The quantitative estimate of drug-likeness (QED) is 0.644. The van der Waals surface area contributed by atoms with Gasteiger partial charge in [-0.05, 0) is 24.2 Å². The maximum atomic E-state index is 9.09. The highest BCUT2D eigenvalue weighted by molar-refractivity contribution is 7.99. The largest absolute Gasteiger partial charge is 0.396 e. The number of fused-ring (bicyclic) bond motifs is 1. The van der Waals surface area contributed by atoms with Crippen LogP contribution in [0.15, 0.2) is 16.9 Å². The van der Waals surface area contributed by atoms with Gasteiger partial charge in [0.25, 0.3) is 0 Å². The lowest BCUT2D eigenvalue weighted by Gasteiger charge is -2.02. The van der Waals surface area contributed by atoms with Crippen molar-refractivity contribution >= 4 is 35.1 Å². The third kappa shape index (κ3) is 2.51. The van der Waals surface area contributed by atoms with Crippen LogP contribution in [0.1, 0.15) is 19.8 Å². The van der Waals surface area contributed by atoms with E-state index in [9.17, 15) is 0 Å². The van der Waals surface area contributed by atoms with Gasteiger partial charge in [0.1, 0.15) is 16.9 Å². The Morgan fingerprint density at radius 3 is 3.10 bits per heavy atom. The SMILES string of the molecule is CCCSc1nc(N)nc2c1ncn2C=C1C[C@@H]1CO. The van der Waals surface area contributed by atoms with Crippen LogP contribution in [0, 0.1) is 5.92 Å². The molecule has 106 valence electrons. The van der Waals surface area contributed by atoms with Gasteiger partial charge in [0, 0.05) is 18.7 Å². The van der Waals surface area contributed by atoms with Crippen LogP contribution >= 0.6 is 11.8 Å². The predicted octanol–water partition coefficient (Wildman–Crippen LogP) is 1.76. The molecule has 1 aliphatic rings. The van der Waals surface area contributed by atoms with Gasteiger partial charge >= 0.3 is 0 Å². The number of aromatic nitrogens is 4. The highest BCUT2D eigenvalue weighted by atomic mass is 32.2. The Morgan fingerprint density at radius 2 is 2.40 bits per heavy atom. The van der Waals surface area contributed by atoms with E-state index in [0.717, 1.165) is 34.8 Å². The number of hydrogen-bond acceptors (Lipinski definition) is 6. The molecule has 1 fully saturated rings. The van der Waals surface area contributed by atoms with E-state index in [1.54, 1.807) is 18.1 Å². The molecule has 0 aliphatic heterocycles. The van der Waals surface area contributed by atoms with Crippen LogP contribution in [0.5, 0.6) is 0 Å². The molecule has 2 aromatic rings. The molecule has 0 unspecified atom stereocenters. The smallest absolute Gasteiger partial charge is 0.223 e. The maximum Gasteiger partial charge on any atom is 0.223 e. The van der Waals surface area contributed by atoms with Crippen molar-refractivity contribution in [3.8, 4) is 0 Å². The number of thioether (sulfide) groups is 1. The van der Waals surface area contributed by atoms with Crippen molar-refractivity contribution in [1.29, 1.82) is 0 Å². The molecule has 0 radical (unpaired) electrons. The summed E-state index contributed by atoms with van der Waals surface area (Å²) in [7, 11) is 0. The van der Waals surface area contributed by atoms with Crippen molar-refractivity contribution in [3.05, 3.63) is 11.9 Å². The zero-order chi connectivity index (χ0) is 14.1. The van der Waals surface area contributed by atoms with Crippen LogP contribution in [0.3, 0.4) is 0 Å². The third-order valence-electron chi connectivity index (χ3n) is 3.22. The van der Waals surface area contributed by atoms with Crippen molar-refractivity contribution in [2.45, 2.75) is 24.8 Å². The normalized spacial score (nSPS) is 19.9. The van der Waals surface area contributed by atoms with E-state index in [1.165, 1.54) is 5.57 Å². The molecule has 0 spiro atoms. The van der Waals surface area contributed by atoms with Gasteiger partial charge in [0.2, 0.25) is 5.95 Å². The first kappa shape index (κ1) is 13.4. The van der Waals surface area contributed by atoms with E-state index in [-0.39, 0.29) is 12.6 Å². The summed E-state index contributed by atoms with van der Waals surface area (Å²) >= 11 is 1.65. The van der Waals surface area contributed by atoms with Crippen LogP contribution in [0.4, 0.5) is 5.95 Å². The summed E-state index contributed by atoms with van der Waals surface area (Å²) in [6.45, 7) is 2.33. The molecular formula is C13H17N5OS. The lowest BCUT2D eigenvalue weighted by molar-refractivity contribution is 0.281. The number of nitrogen functional groups attached to an aromatic ring is 1. The van der Waals surface area contributed by atoms with Gasteiger partial charge in [0.05, 0.1) is 0 Å². The number of anilines is 1. The molecule has 2 aromatic heterocycles. The highest BCUT2D eigenvalue weighted by Crippen LogP contribution is 2.38. The van der Waals surface area contributed by atoms with Crippen molar-refractivity contribution in [3.63, 3.8) is 0 Å². The Morgan fingerprint density at radius 1 is 1.55 bits per heavy atom. The Balaban J connectivity index is 1.99. The maximum absolute atomic E-state index is 9.09. The van der Waals surface area contributed by atoms with E-state index in [2.05, 4.69) is 21.9 Å². The fourth-order valence-electron chi connectivity index (χ4n) is 2.04. The minimum Gasteiger partial charge on any atom is -0.396 e. The molecule has 0 amide bonds. The van der Waals surface area contributed by atoms with Gasteiger partial charge in [-0.2, -0.15) is 4.98 Å².